The van der Waals surface area contributed by atoms with Crippen LogP contribution in [0.1, 0.15) is 18.4 Å². The topological polar surface area (TPSA) is 4.36 Å². The van der Waals surface area contributed by atoms with E-state index in [2.05, 4.69) is 4.85 Å². The fourth-order valence-corrected chi connectivity index (χ4v) is 1.72. The zero-order valence-corrected chi connectivity index (χ0v) is 7.80. The zero-order chi connectivity index (χ0) is 11.1. The van der Waals surface area contributed by atoms with Crippen LogP contribution in [-0.4, -0.2) is 6.18 Å². The quantitative estimate of drug-likeness (QED) is 0.622. The highest BCUT2D eigenvalue weighted by atomic mass is 19.4. The van der Waals surface area contributed by atoms with Crippen LogP contribution in [0.5, 0.6) is 0 Å². The predicted molar refractivity (Wildman–Crippen MR) is 49.7 cm³/mol. The van der Waals surface area contributed by atoms with Crippen LogP contribution in [0.25, 0.3) is 4.85 Å². The third-order valence-electron chi connectivity index (χ3n) is 2.84. The van der Waals surface area contributed by atoms with E-state index >= 15 is 0 Å². The van der Waals surface area contributed by atoms with Crippen molar-refractivity contribution in [2.75, 3.05) is 0 Å². The smallest absolute Gasteiger partial charge is 0.238 e. The fraction of sp³-hybridized carbons (Fsp3) is 0.364. The molecule has 0 atom stereocenters. The average Bonchev–Trinajstić information content (AvgIpc) is 2.98. The summed E-state index contributed by atoms with van der Waals surface area (Å²) in [5, 5.41) is 0. The summed E-state index contributed by atoms with van der Waals surface area (Å²) in [5.74, 6) is 0. The van der Waals surface area contributed by atoms with Crippen LogP contribution in [0.4, 0.5) is 18.9 Å². The second-order valence-corrected chi connectivity index (χ2v) is 3.74. The van der Waals surface area contributed by atoms with Crippen LogP contribution in [0.15, 0.2) is 24.3 Å². The maximum absolute atomic E-state index is 12.7. The van der Waals surface area contributed by atoms with E-state index in [9.17, 15) is 13.2 Å². The first kappa shape index (κ1) is 10.0. The lowest BCUT2D eigenvalue weighted by atomic mass is 9.95. The van der Waals surface area contributed by atoms with E-state index in [-0.39, 0.29) is 18.4 Å². The van der Waals surface area contributed by atoms with Gasteiger partial charge in [0.15, 0.2) is 5.69 Å². The standard InChI is InChI=1S/C11H8F3N/c1-15-9-4-2-8(3-5-9)10(6-7-10)11(12,13)14/h2-5H,6-7H2. The normalized spacial score (nSPS) is 18.3. The molecule has 1 aliphatic carbocycles. The summed E-state index contributed by atoms with van der Waals surface area (Å²) >= 11 is 0. The number of benzene rings is 1. The van der Waals surface area contributed by atoms with Crippen LogP contribution in [0.3, 0.4) is 0 Å². The molecule has 0 N–H and O–H groups in total. The maximum Gasteiger partial charge on any atom is 0.398 e. The molecule has 1 aromatic carbocycles. The number of alkyl halides is 3. The molecule has 0 saturated heterocycles. The molecule has 0 aliphatic heterocycles. The molecule has 1 fully saturated rings. The third kappa shape index (κ3) is 1.48. The van der Waals surface area contributed by atoms with Crippen molar-refractivity contribution in [2.24, 2.45) is 0 Å². The molecule has 1 aromatic rings. The summed E-state index contributed by atoms with van der Waals surface area (Å²) in [6, 6.07) is 5.70. The van der Waals surface area contributed by atoms with Crippen LogP contribution >= 0.6 is 0 Å². The van der Waals surface area contributed by atoms with Gasteiger partial charge in [0.05, 0.1) is 12.0 Å². The molecule has 0 spiro atoms. The van der Waals surface area contributed by atoms with Gasteiger partial charge >= 0.3 is 6.18 Å². The van der Waals surface area contributed by atoms with Gasteiger partial charge in [0.1, 0.15) is 0 Å². The first-order chi connectivity index (χ1) is 6.99. The van der Waals surface area contributed by atoms with Crippen LogP contribution < -0.4 is 0 Å². The lowest BCUT2D eigenvalue weighted by molar-refractivity contribution is -0.160. The lowest BCUT2D eigenvalue weighted by Gasteiger charge is -2.19. The van der Waals surface area contributed by atoms with Crippen LogP contribution in [-0.2, 0) is 5.41 Å². The molecular formula is C11H8F3N. The minimum absolute atomic E-state index is 0.161. The highest BCUT2D eigenvalue weighted by molar-refractivity contribution is 5.48. The van der Waals surface area contributed by atoms with Gasteiger partial charge in [-0.1, -0.05) is 24.3 Å². The second-order valence-electron chi connectivity index (χ2n) is 3.74. The Morgan fingerprint density at radius 1 is 1.13 bits per heavy atom. The maximum atomic E-state index is 12.7. The average molecular weight is 211 g/mol. The molecule has 1 nitrogen and oxygen atoms in total. The van der Waals surface area contributed by atoms with Crippen molar-refractivity contribution in [3.63, 3.8) is 0 Å². The van der Waals surface area contributed by atoms with Gasteiger partial charge in [-0.2, -0.15) is 13.2 Å². The van der Waals surface area contributed by atoms with Gasteiger partial charge in [0.2, 0.25) is 0 Å². The third-order valence-corrected chi connectivity index (χ3v) is 2.84. The molecule has 0 radical (unpaired) electrons. The minimum Gasteiger partial charge on any atom is -0.238 e. The first-order valence-corrected chi connectivity index (χ1v) is 4.54. The monoisotopic (exact) mass is 211 g/mol. The number of hydrogen-bond donors (Lipinski definition) is 0. The Kier molecular flexibility index (Phi) is 2.00. The molecule has 2 rings (SSSR count). The van der Waals surface area contributed by atoms with E-state index in [4.69, 9.17) is 6.57 Å². The molecule has 78 valence electrons. The Hall–Kier alpha value is -1.50. The van der Waals surface area contributed by atoms with Crippen molar-refractivity contribution < 1.29 is 13.2 Å². The van der Waals surface area contributed by atoms with Gasteiger partial charge in [-0.3, -0.25) is 0 Å². The molecule has 0 aromatic heterocycles. The van der Waals surface area contributed by atoms with Crippen molar-refractivity contribution in [3.05, 3.63) is 41.2 Å². The summed E-state index contributed by atoms with van der Waals surface area (Å²) in [4.78, 5) is 3.15. The van der Waals surface area contributed by atoms with Crippen molar-refractivity contribution in [1.29, 1.82) is 0 Å². The number of nitrogens with zero attached hydrogens (tertiary/aromatic N) is 1. The van der Waals surface area contributed by atoms with E-state index in [0.29, 0.717) is 5.69 Å². The van der Waals surface area contributed by atoms with Crippen LogP contribution in [0, 0.1) is 6.57 Å². The Balaban J connectivity index is 2.36. The van der Waals surface area contributed by atoms with E-state index < -0.39 is 11.6 Å². The number of hydrogen-bond acceptors (Lipinski definition) is 0. The molecule has 1 aliphatic rings. The van der Waals surface area contributed by atoms with Crippen LogP contribution in [0.2, 0.25) is 0 Å². The van der Waals surface area contributed by atoms with Gasteiger partial charge in [0, 0.05) is 0 Å². The summed E-state index contributed by atoms with van der Waals surface area (Å²) < 4.78 is 38.1. The summed E-state index contributed by atoms with van der Waals surface area (Å²) in [6.07, 6.45) is -3.85. The molecule has 1 saturated carbocycles. The highest BCUT2D eigenvalue weighted by Crippen LogP contribution is 2.58. The summed E-state index contributed by atoms with van der Waals surface area (Å²) in [7, 11) is 0. The number of rotatable bonds is 1. The Morgan fingerprint density at radius 3 is 2.00 bits per heavy atom. The number of halogens is 3. The zero-order valence-electron chi connectivity index (χ0n) is 7.80. The van der Waals surface area contributed by atoms with Gasteiger partial charge in [0.25, 0.3) is 0 Å². The fourth-order valence-electron chi connectivity index (χ4n) is 1.72. The first-order valence-electron chi connectivity index (χ1n) is 4.54. The lowest BCUT2D eigenvalue weighted by Crippen LogP contribution is -2.28. The molecule has 0 heterocycles. The minimum atomic E-state index is -4.17. The summed E-state index contributed by atoms with van der Waals surface area (Å²) in [6.45, 7) is 6.71. The van der Waals surface area contributed by atoms with Gasteiger partial charge < -0.3 is 0 Å². The van der Waals surface area contributed by atoms with Gasteiger partial charge in [-0.25, -0.2) is 4.85 Å². The Bertz CT molecular complexity index is 407. The largest absolute Gasteiger partial charge is 0.398 e. The molecule has 15 heavy (non-hydrogen) atoms. The van der Waals surface area contributed by atoms with Crippen molar-refractivity contribution in [1.82, 2.24) is 0 Å². The molecular weight excluding hydrogens is 203 g/mol. The van der Waals surface area contributed by atoms with Crippen molar-refractivity contribution in [2.45, 2.75) is 24.4 Å². The van der Waals surface area contributed by atoms with Gasteiger partial charge in [-0.05, 0) is 18.4 Å². The molecule has 0 bridgehead atoms. The van der Waals surface area contributed by atoms with Gasteiger partial charge in [-0.15, -0.1) is 0 Å². The predicted octanol–water partition coefficient (Wildman–Crippen LogP) is 3.83. The summed E-state index contributed by atoms with van der Waals surface area (Å²) in [5.41, 5.74) is -0.979. The van der Waals surface area contributed by atoms with E-state index in [1.54, 1.807) is 0 Å². The Labute approximate surface area is 85.3 Å². The molecule has 0 unspecified atom stereocenters. The van der Waals surface area contributed by atoms with E-state index in [1.165, 1.54) is 24.3 Å². The van der Waals surface area contributed by atoms with Crippen molar-refractivity contribution in [3.8, 4) is 0 Å². The van der Waals surface area contributed by atoms with E-state index in [0.717, 1.165) is 0 Å². The highest BCUT2D eigenvalue weighted by Gasteiger charge is 2.63. The SMILES string of the molecule is [C-]#[N+]c1ccc(C2(C(F)(F)F)CC2)cc1. The Morgan fingerprint density at radius 2 is 1.67 bits per heavy atom. The second kappa shape index (κ2) is 2.99. The van der Waals surface area contributed by atoms with E-state index in [1.807, 2.05) is 0 Å². The molecule has 0 amide bonds. The molecule has 4 heteroatoms. The van der Waals surface area contributed by atoms with Crippen molar-refractivity contribution >= 4 is 5.69 Å².